The van der Waals surface area contributed by atoms with Gasteiger partial charge in [0, 0.05) is 12.8 Å². The van der Waals surface area contributed by atoms with Gasteiger partial charge in [0.2, 0.25) is 23.6 Å². The number of primary amides is 1. The van der Waals surface area contributed by atoms with Crippen LogP contribution in [-0.2, 0) is 40.0 Å². The number of carbonyl (C=O) groups excluding carboxylic acids is 4. The molecule has 0 saturated heterocycles. The molecule has 16 nitrogen and oxygen atoms in total. The highest BCUT2D eigenvalue weighted by Crippen LogP contribution is 2.12. The minimum Gasteiger partial charge on any atom is -0.508 e. The van der Waals surface area contributed by atoms with Gasteiger partial charge in [-0.2, -0.15) is 0 Å². The summed E-state index contributed by atoms with van der Waals surface area (Å²) < 4.78 is 0. The number of hydrogen-bond donors (Lipinski definition) is 9. The van der Waals surface area contributed by atoms with Crippen molar-refractivity contribution >= 4 is 41.5 Å². The normalized spacial score (nSPS) is 13.7. The average Bonchev–Trinajstić information content (AvgIpc) is 2.80. The van der Waals surface area contributed by atoms with Crippen molar-refractivity contribution in [3.63, 3.8) is 0 Å². The summed E-state index contributed by atoms with van der Waals surface area (Å²) in [6, 6.07) is -0.866. The second-order valence-electron chi connectivity index (χ2n) is 8.20. The Morgan fingerprint density at radius 1 is 0.737 bits per heavy atom. The van der Waals surface area contributed by atoms with Crippen LogP contribution in [0.15, 0.2) is 24.3 Å². The van der Waals surface area contributed by atoms with Gasteiger partial charge in [0.1, 0.15) is 23.9 Å². The third-order valence-electron chi connectivity index (χ3n) is 5.04. The number of aliphatic carboxylic acids is 3. The lowest BCUT2D eigenvalue weighted by molar-refractivity contribution is -0.147. The molecule has 1 aromatic rings. The Kier molecular flexibility index (Phi) is 12.1. The predicted molar refractivity (Wildman–Crippen MR) is 126 cm³/mol. The summed E-state index contributed by atoms with van der Waals surface area (Å²) >= 11 is 0. The van der Waals surface area contributed by atoms with Gasteiger partial charge in [0.05, 0.1) is 18.9 Å². The Balaban J connectivity index is 3.18. The van der Waals surface area contributed by atoms with Crippen molar-refractivity contribution in [3.05, 3.63) is 29.8 Å². The maximum Gasteiger partial charge on any atom is 0.326 e. The Labute approximate surface area is 215 Å². The van der Waals surface area contributed by atoms with E-state index in [1.54, 1.807) is 0 Å². The van der Waals surface area contributed by atoms with E-state index in [0.717, 1.165) is 0 Å². The standard InChI is InChI=1S/C22H29N5O11/c23-12(8-16(24)29)19(34)26-14(7-10-1-3-11(28)4-2-10)21(36)25-13(5-6-17(30)31)20(35)27-15(22(37)38)9-18(32)33/h1-4,12-15,28H,5-9,23H2,(H2,24,29)(H,25,36)(H,26,34)(H,27,35)(H,30,31)(H,32,33)(H,37,38). The van der Waals surface area contributed by atoms with Crippen molar-refractivity contribution in [2.24, 2.45) is 11.5 Å². The molecule has 4 unspecified atom stereocenters. The summed E-state index contributed by atoms with van der Waals surface area (Å²) in [6.45, 7) is 0. The molecule has 38 heavy (non-hydrogen) atoms. The van der Waals surface area contributed by atoms with E-state index in [1.807, 2.05) is 5.32 Å². The molecule has 0 aliphatic carbocycles. The fourth-order valence-corrected chi connectivity index (χ4v) is 3.12. The molecular weight excluding hydrogens is 510 g/mol. The highest BCUT2D eigenvalue weighted by Gasteiger charge is 2.31. The van der Waals surface area contributed by atoms with Crippen LogP contribution in [0.25, 0.3) is 0 Å². The number of nitrogens with one attached hydrogen (secondary N) is 3. The summed E-state index contributed by atoms with van der Waals surface area (Å²) in [5.74, 6) is -8.64. The molecule has 0 fully saturated rings. The molecule has 0 aromatic heterocycles. The Morgan fingerprint density at radius 3 is 1.76 bits per heavy atom. The number of aromatic hydroxyl groups is 1. The first-order chi connectivity index (χ1) is 17.7. The summed E-state index contributed by atoms with van der Waals surface area (Å²) in [6.07, 6.45) is -2.87. The van der Waals surface area contributed by atoms with E-state index in [9.17, 15) is 38.7 Å². The van der Waals surface area contributed by atoms with Gasteiger partial charge in [-0.15, -0.1) is 0 Å². The van der Waals surface area contributed by atoms with Crippen molar-refractivity contribution in [3.8, 4) is 5.75 Å². The van der Waals surface area contributed by atoms with Crippen molar-refractivity contribution < 1.29 is 54.0 Å². The lowest BCUT2D eigenvalue weighted by atomic mass is 10.0. The van der Waals surface area contributed by atoms with E-state index < -0.39 is 91.4 Å². The third kappa shape index (κ3) is 11.3. The van der Waals surface area contributed by atoms with Crippen molar-refractivity contribution in [1.29, 1.82) is 0 Å². The first kappa shape index (κ1) is 31.3. The van der Waals surface area contributed by atoms with E-state index in [0.29, 0.717) is 5.56 Å². The number of hydrogen-bond acceptors (Lipinski definition) is 9. The summed E-state index contributed by atoms with van der Waals surface area (Å²) in [5.41, 5.74) is 11.1. The lowest BCUT2D eigenvalue weighted by Gasteiger charge is -2.25. The zero-order valence-corrected chi connectivity index (χ0v) is 20.0. The van der Waals surface area contributed by atoms with E-state index in [2.05, 4.69) is 10.6 Å². The molecule has 208 valence electrons. The average molecular weight is 539 g/mol. The number of carbonyl (C=O) groups is 7. The van der Waals surface area contributed by atoms with Gasteiger partial charge in [-0.3, -0.25) is 28.8 Å². The lowest BCUT2D eigenvalue weighted by Crippen LogP contribution is -2.58. The number of carboxylic acid groups (broad SMARTS) is 3. The van der Waals surface area contributed by atoms with Crippen LogP contribution in [0, 0.1) is 0 Å². The molecule has 0 bridgehead atoms. The van der Waals surface area contributed by atoms with Crippen LogP contribution < -0.4 is 27.4 Å². The molecule has 0 aliphatic rings. The number of phenolic OH excluding ortho intramolecular Hbond substituents is 1. The first-order valence-corrected chi connectivity index (χ1v) is 11.1. The molecule has 4 atom stereocenters. The van der Waals surface area contributed by atoms with Gasteiger partial charge >= 0.3 is 17.9 Å². The fraction of sp³-hybridized carbons (Fsp3) is 0.409. The van der Waals surface area contributed by atoms with Crippen LogP contribution in [-0.4, -0.2) is 86.1 Å². The Bertz CT molecular complexity index is 1060. The topological polar surface area (TPSA) is 289 Å². The number of rotatable bonds is 16. The summed E-state index contributed by atoms with van der Waals surface area (Å²) in [7, 11) is 0. The maximum atomic E-state index is 13.1. The van der Waals surface area contributed by atoms with Gasteiger partial charge < -0.3 is 47.8 Å². The Hall–Kier alpha value is -4.73. The van der Waals surface area contributed by atoms with E-state index in [-0.39, 0.29) is 12.2 Å². The third-order valence-corrected chi connectivity index (χ3v) is 5.04. The molecule has 4 amide bonds. The van der Waals surface area contributed by atoms with Crippen molar-refractivity contribution in [2.75, 3.05) is 0 Å². The molecule has 0 heterocycles. The molecule has 1 rings (SSSR count). The van der Waals surface area contributed by atoms with Gasteiger partial charge in [0.25, 0.3) is 0 Å². The summed E-state index contributed by atoms with van der Waals surface area (Å²) in [5, 5.41) is 43.0. The molecule has 11 N–H and O–H groups in total. The van der Waals surface area contributed by atoms with Crippen LogP contribution in [0.4, 0.5) is 0 Å². The Morgan fingerprint density at radius 2 is 1.26 bits per heavy atom. The molecule has 0 saturated carbocycles. The zero-order chi connectivity index (χ0) is 29.0. The highest BCUT2D eigenvalue weighted by atomic mass is 16.4. The minimum atomic E-state index is -1.87. The monoisotopic (exact) mass is 539 g/mol. The predicted octanol–water partition coefficient (Wildman–Crippen LogP) is -2.98. The number of nitrogens with two attached hydrogens (primary N) is 2. The van der Waals surface area contributed by atoms with Gasteiger partial charge in [-0.1, -0.05) is 12.1 Å². The van der Waals surface area contributed by atoms with E-state index in [1.165, 1.54) is 24.3 Å². The summed E-state index contributed by atoms with van der Waals surface area (Å²) in [4.78, 5) is 82.6. The van der Waals surface area contributed by atoms with Crippen molar-refractivity contribution in [2.45, 2.75) is 56.3 Å². The second kappa shape index (κ2) is 14.7. The number of benzene rings is 1. The largest absolute Gasteiger partial charge is 0.508 e. The second-order valence-corrected chi connectivity index (χ2v) is 8.20. The molecule has 16 heteroatoms. The van der Waals surface area contributed by atoms with Gasteiger partial charge in [0.15, 0.2) is 0 Å². The van der Waals surface area contributed by atoms with Crippen molar-refractivity contribution in [1.82, 2.24) is 16.0 Å². The number of carboxylic acids is 3. The van der Waals surface area contributed by atoms with Crippen LogP contribution >= 0.6 is 0 Å². The smallest absolute Gasteiger partial charge is 0.326 e. The fourth-order valence-electron chi connectivity index (χ4n) is 3.12. The SMILES string of the molecule is NC(=O)CC(N)C(=O)NC(Cc1ccc(O)cc1)C(=O)NC(CCC(=O)O)C(=O)NC(CC(=O)O)C(=O)O. The molecular formula is C22H29N5O11. The first-order valence-electron chi connectivity index (χ1n) is 11.1. The van der Waals surface area contributed by atoms with Crippen LogP contribution in [0.1, 0.15) is 31.2 Å². The molecule has 0 aliphatic heterocycles. The molecule has 0 spiro atoms. The van der Waals surface area contributed by atoms with E-state index in [4.69, 9.17) is 26.8 Å². The quantitative estimate of drug-likeness (QED) is 0.102. The highest BCUT2D eigenvalue weighted by molar-refractivity contribution is 5.95. The molecule has 0 radical (unpaired) electrons. The molecule has 1 aromatic carbocycles. The maximum absolute atomic E-state index is 13.1. The number of amides is 4. The van der Waals surface area contributed by atoms with Gasteiger partial charge in [-0.05, 0) is 24.1 Å². The van der Waals surface area contributed by atoms with Crippen LogP contribution in [0.2, 0.25) is 0 Å². The van der Waals surface area contributed by atoms with E-state index >= 15 is 0 Å². The van der Waals surface area contributed by atoms with Gasteiger partial charge in [-0.25, -0.2) is 4.79 Å². The zero-order valence-electron chi connectivity index (χ0n) is 20.0. The number of phenols is 1. The van der Waals surface area contributed by atoms with Crippen LogP contribution in [0.3, 0.4) is 0 Å². The minimum absolute atomic E-state index is 0.0815. The van der Waals surface area contributed by atoms with Crippen LogP contribution in [0.5, 0.6) is 5.75 Å².